The molecule has 0 heterocycles. The van der Waals surface area contributed by atoms with Crippen molar-refractivity contribution < 1.29 is 13.2 Å². The van der Waals surface area contributed by atoms with Gasteiger partial charge in [0.2, 0.25) is 15.9 Å². The lowest BCUT2D eigenvalue weighted by Crippen LogP contribution is -2.33. The maximum absolute atomic E-state index is 12.7. The molecule has 0 radical (unpaired) electrons. The normalized spacial score (nSPS) is 12.5. The van der Waals surface area contributed by atoms with E-state index in [1.807, 2.05) is 37.3 Å². The molecular weight excluding hydrogens is 398 g/mol. The van der Waals surface area contributed by atoms with Crippen molar-refractivity contribution in [3.8, 4) is 0 Å². The van der Waals surface area contributed by atoms with E-state index in [1.54, 1.807) is 26.0 Å². The summed E-state index contributed by atoms with van der Waals surface area (Å²) in [6.45, 7) is 5.42. The van der Waals surface area contributed by atoms with Gasteiger partial charge in [-0.05, 0) is 44.0 Å². The fraction of sp³-hybridized carbons (Fsp3) is 0.350. The van der Waals surface area contributed by atoms with E-state index in [0.29, 0.717) is 5.69 Å². The average molecular weight is 426 g/mol. The molecule has 0 aromatic heterocycles. The van der Waals surface area contributed by atoms with Crippen molar-refractivity contribution in [1.82, 2.24) is 4.31 Å². The molecule has 1 atom stereocenters. The molecule has 28 heavy (non-hydrogen) atoms. The summed E-state index contributed by atoms with van der Waals surface area (Å²) in [5, 5.41) is 2.79. The van der Waals surface area contributed by atoms with E-state index in [0.717, 1.165) is 11.1 Å². The van der Waals surface area contributed by atoms with Crippen molar-refractivity contribution in [2.75, 3.05) is 12.4 Å². The van der Waals surface area contributed by atoms with Crippen LogP contribution in [-0.4, -0.2) is 31.7 Å². The summed E-state index contributed by atoms with van der Waals surface area (Å²) < 4.78 is 26.7. The minimum atomic E-state index is -3.62. The summed E-state index contributed by atoms with van der Waals surface area (Å²) in [5.74, 6) is -0.263. The molecule has 0 bridgehead atoms. The third-order valence-electron chi connectivity index (χ3n) is 4.52. The molecule has 8 heteroatoms. The molecule has 2 aromatic rings. The highest BCUT2D eigenvalue weighted by atomic mass is 35.5. The minimum absolute atomic E-state index is 0. The molecule has 2 rings (SSSR count). The number of rotatable bonds is 7. The Bertz CT molecular complexity index is 902. The lowest BCUT2D eigenvalue weighted by molar-refractivity contribution is -0.116. The van der Waals surface area contributed by atoms with Crippen LogP contribution < -0.4 is 11.1 Å². The summed E-state index contributed by atoms with van der Waals surface area (Å²) in [6, 6.07) is 13.5. The topological polar surface area (TPSA) is 92.5 Å². The molecule has 0 saturated carbocycles. The smallest absolute Gasteiger partial charge is 0.243 e. The first-order valence-electron chi connectivity index (χ1n) is 8.82. The van der Waals surface area contributed by atoms with Crippen LogP contribution in [0, 0.1) is 6.92 Å². The van der Waals surface area contributed by atoms with E-state index in [4.69, 9.17) is 5.73 Å². The first-order valence-corrected chi connectivity index (χ1v) is 10.3. The van der Waals surface area contributed by atoms with Gasteiger partial charge in [-0.1, -0.05) is 36.4 Å². The van der Waals surface area contributed by atoms with Crippen LogP contribution in [0.3, 0.4) is 0 Å². The molecule has 6 nitrogen and oxygen atoms in total. The van der Waals surface area contributed by atoms with Gasteiger partial charge in [0.15, 0.2) is 0 Å². The number of halogens is 1. The second kappa shape index (κ2) is 10.0. The van der Waals surface area contributed by atoms with Gasteiger partial charge in [-0.3, -0.25) is 4.79 Å². The number of anilines is 1. The van der Waals surface area contributed by atoms with Gasteiger partial charge in [-0.2, -0.15) is 4.31 Å². The molecule has 0 spiro atoms. The van der Waals surface area contributed by atoms with Gasteiger partial charge in [0.05, 0.1) is 4.90 Å². The quantitative estimate of drug-likeness (QED) is 0.710. The summed E-state index contributed by atoms with van der Waals surface area (Å²) in [4.78, 5) is 12.5. The molecule has 0 fully saturated rings. The highest BCUT2D eigenvalue weighted by Gasteiger charge is 2.24. The number of carbonyl (C=O) groups excluding carboxylic acids is 1. The number of hydrogen-bond donors (Lipinski definition) is 2. The summed E-state index contributed by atoms with van der Waals surface area (Å²) in [5.41, 5.74) is 8.22. The lowest BCUT2D eigenvalue weighted by atomic mass is 10.0. The Morgan fingerprint density at radius 1 is 1.14 bits per heavy atom. The zero-order chi connectivity index (χ0) is 20.2. The number of benzene rings is 2. The molecule has 0 saturated heterocycles. The Labute approximate surface area is 173 Å². The van der Waals surface area contributed by atoms with Crippen LogP contribution in [0.5, 0.6) is 0 Å². The Morgan fingerprint density at radius 2 is 1.75 bits per heavy atom. The van der Waals surface area contributed by atoms with E-state index in [1.165, 1.54) is 17.4 Å². The summed E-state index contributed by atoms with van der Waals surface area (Å²) in [6.07, 6.45) is 0.103. The van der Waals surface area contributed by atoms with Gasteiger partial charge in [-0.15, -0.1) is 12.4 Å². The van der Waals surface area contributed by atoms with Crippen molar-refractivity contribution in [3.05, 3.63) is 59.7 Å². The molecule has 1 amide bonds. The number of aryl methyl sites for hydroxylation is 1. The Morgan fingerprint density at radius 3 is 2.32 bits per heavy atom. The molecular formula is C20H28ClN3O3S. The number of nitrogens with zero attached hydrogens (tertiary/aromatic N) is 1. The van der Waals surface area contributed by atoms with Gasteiger partial charge >= 0.3 is 0 Å². The highest BCUT2D eigenvalue weighted by Crippen LogP contribution is 2.24. The number of carbonyl (C=O) groups is 1. The van der Waals surface area contributed by atoms with E-state index < -0.39 is 16.1 Å². The second-order valence-electron chi connectivity index (χ2n) is 6.86. The predicted octanol–water partition coefficient (Wildman–Crippen LogP) is 3.47. The van der Waals surface area contributed by atoms with Crippen LogP contribution in [-0.2, 0) is 14.8 Å². The van der Waals surface area contributed by atoms with Gasteiger partial charge in [0.1, 0.15) is 0 Å². The lowest BCUT2D eigenvalue weighted by Gasteiger charge is -2.21. The molecule has 3 N–H and O–H groups in total. The Kier molecular flexibility index (Phi) is 8.63. The number of sulfonamides is 1. The average Bonchev–Trinajstić information content (AvgIpc) is 2.63. The van der Waals surface area contributed by atoms with E-state index >= 15 is 0 Å². The zero-order valence-corrected chi connectivity index (χ0v) is 18.2. The number of hydrogen-bond acceptors (Lipinski definition) is 4. The fourth-order valence-electron chi connectivity index (χ4n) is 2.56. The van der Waals surface area contributed by atoms with E-state index in [-0.39, 0.29) is 35.7 Å². The number of nitrogens with two attached hydrogens (primary N) is 1. The maximum atomic E-state index is 12.7. The summed E-state index contributed by atoms with van der Waals surface area (Å²) >= 11 is 0. The van der Waals surface area contributed by atoms with Crippen molar-refractivity contribution in [2.24, 2.45) is 5.73 Å². The minimum Gasteiger partial charge on any atom is -0.326 e. The molecule has 0 aliphatic heterocycles. The Hall–Kier alpha value is -1.93. The van der Waals surface area contributed by atoms with Crippen LogP contribution in [0.1, 0.15) is 37.4 Å². The van der Waals surface area contributed by atoms with Crippen LogP contribution in [0.2, 0.25) is 0 Å². The van der Waals surface area contributed by atoms with Crippen molar-refractivity contribution >= 4 is 34.0 Å². The third kappa shape index (κ3) is 5.78. The van der Waals surface area contributed by atoms with Crippen LogP contribution >= 0.6 is 12.4 Å². The van der Waals surface area contributed by atoms with Gasteiger partial charge < -0.3 is 11.1 Å². The number of amides is 1. The number of nitrogens with one attached hydrogen (secondary N) is 1. The fourth-order valence-corrected chi connectivity index (χ4v) is 3.95. The maximum Gasteiger partial charge on any atom is 0.243 e. The SMILES string of the molecule is Cc1ccc(S(=O)(=O)N(C)C(C)C)cc1NC(=O)CC(N)c1ccccc1.Cl. The van der Waals surface area contributed by atoms with Crippen LogP contribution in [0.25, 0.3) is 0 Å². The van der Waals surface area contributed by atoms with Gasteiger partial charge in [-0.25, -0.2) is 8.42 Å². The summed E-state index contributed by atoms with van der Waals surface area (Å²) in [7, 11) is -2.08. The van der Waals surface area contributed by atoms with Crippen molar-refractivity contribution in [2.45, 2.75) is 44.2 Å². The standard InChI is InChI=1S/C20H27N3O3S.ClH/c1-14(2)23(4)27(25,26)17-11-10-15(3)19(12-17)22-20(24)13-18(21)16-8-6-5-7-9-16;/h5-12,14,18H,13,21H2,1-4H3,(H,22,24);1H. The zero-order valence-electron chi connectivity index (χ0n) is 16.5. The molecule has 1 unspecified atom stereocenters. The van der Waals surface area contributed by atoms with E-state index in [2.05, 4.69) is 5.32 Å². The second-order valence-corrected chi connectivity index (χ2v) is 8.86. The van der Waals surface area contributed by atoms with Gasteiger partial charge in [0, 0.05) is 31.2 Å². The first kappa shape index (κ1) is 24.1. The highest BCUT2D eigenvalue weighted by molar-refractivity contribution is 7.89. The monoisotopic (exact) mass is 425 g/mol. The van der Waals surface area contributed by atoms with Crippen LogP contribution in [0.15, 0.2) is 53.4 Å². The van der Waals surface area contributed by atoms with Crippen LogP contribution in [0.4, 0.5) is 5.69 Å². The Balaban J connectivity index is 0.00000392. The largest absolute Gasteiger partial charge is 0.326 e. The molecule has 154 valence electrons. The molecule has 2 aromatic carbocycles. The molecule has 0 aliphatic rings. The van der Waals surface area contributed by atoms with Crippen molar-refractivity contribution in [1.29, 1.82) is 0 Å². The van der Waals surface area contributed by atoms with E-state index in [9.17, 15) is 13.2 Å². The first-order chi connectivity index (χ1) is 12.6. The van der Waals surface area contributed by atoms with Crippen molar-refractivity contribution in [3.63, 3.8) is 0 Å². The predicted molar refractivity (Wildman–Crippen MR) is 115 cm³/mol. The third-order valence-corrected chi connectivity index (χ3v) is 6.55. The molecule has 0 aliphatic carbocycles. The van der Waals surface area contributed by atoms with Gasteiger partial charge in [0.25, 0.3) is 0 Å².